The summed E-state index contributed by atoms with van der Waals surface area (Å²) >= 11 is 0. The van der Waals surface area contributed by atoms with Crippen LogP contribution in [-0.4, -0.2) is 17.8 Å². The average Bonchev–Trinajstić information content (AvgIpc) is 1.81. The molecule has 0 radical (unpaired) electrons. The Labute approximate surface area is 67.6 Å². The maximum Gasteiger partial charge on any atom is 0.208 e. The third-order valence-corrected chi connectivity index (χ3v) is 2.08. The second kappa shape index (κ2) is 4.60. The normalized spacial score (nSPS) is 17.2. The minimum atomic E-state index is -1.56. The van der Waals surface area contributed by atoms with E-state index in [1.807, 2.05) is 0 Å². The predicted octanol–water partition coefficient (Wildman–Crippen LogP) is 0.780. The van der Waals surface area contributed by atoms with Crippen LogP contribution in [0.4, 0.5) is 0 Å². The Morgan fingerprint density at radius 2 is 2.30 bits per heavy atom. The number of hydrogen-bond donors (Lipinski definition) is 1. The van der Waals surface area contributed by atoms with Gasteiger partial charge in [0.1, 0.15) is 10.4 Å². The van der Waals surface area contributed by atoms with E-state index in [4.69, 9.17) is 16.4 Å². The van der Waals surface area contributed by atoms with Crippen molar-refractivity contribution in [3.8, 4) is 0 Å². The molecule has 58 valence electrons. The van der Waals surface area contributed by atoms with Crippen LogP contribution in [0.5, 0.6) is 0 Å². The number of aliphatic imine (C=N–C) groups is 1. The fraction of sp³-hybridized carbons (Fsp3) is 0.400. The summed E-state index contributed by atoms with van der Waals surface area (Å²) in [5.41, 5.74) is 5.76. The maximum atomic E-state index is 10.6. The van der Waals surface area contributed by atoms with Crippen LogP contribution < -0.4 is 5.73 Å². The highest BCUT2D eigenvalue weighted by molar-refractivity contribution is 8.17. The summed E-state index contributed by atoms with van der Waals surface area (Å²) in [6.07, 6.45) is 1.39. The molecule has 0 fully saturated rings. The summed E-state index contributed by atoms with van der Waals surface area (Å²) in [5.74, 6) is 0. The number of hydrogen-bond acceptors (Lipinski definition) is 3. The van der Waals surface area contributed by atoms with Crippen molar-refractivity contribution in [1.29, 1.82) is 0 Å². The van der Waals surface area contributed by atoms with Crippen LogP contribution in [-0.2, 0) is 10.4 Å². The lowest BCUT2D eigenvalue weighted by Crippen LogP contribution is -2.05. The molecular weight excluding hydrogens is 172 g/mol. The first-order valence-corrected chi connectivity index (χ1v) is 4.53. The number of nitrogens with two attached hydrogens (primary N) is 1. The van der Waals surface area contributed by atoms with E-state index in [2.05, 4.69) is 4.99 Å². The van der Waals surface area contributed by atoms with Gasteiger partial charge < -0.3 is 10.3 Å². The minimum absolute atomic E-state index is 0.365. The van der Waals surface area contributed by atoms with E-state index in [-0.39, 0.29) is 0 Å². The Morgan fingerprint density at radius 1 is 1.80 bits per heavy atom. The molecule has 0 saturated carbocycles. The molecule has 0 aliphatic rings. The first kappa shape index (κ1) is 9.81. The summed E-state index contributed by atoms with van der Waals surface area (Å²) in [5, 5.41) is 0. The van der Waals surface area contributed by atoms with Crippen molar-refractivity contribution in [2.75, 3.05) is 7.05 Å². The third-order valence-electron chi connectivity index (χ3n) is 0.808. The molecule has 0 aliphatic heterocycles. The molecule has 5 heteroatoms. The van der Waals surface area contributed by atoms with Crippen LogP contribution in [0.1, 0.15) is 6.92 Å². The lowest BCUT2D eigenvalue weighted by atomic mass is 10.5. The zero-order valence-electron chi connectivity index (χ0n) is 5.80. The second-order valence-corrected chi connectivity index (χ2v) is 3.39. The predicted molar refractivity (Wildman–Crippen MR) is 45.3 cm³/mol. The topological polar surface area (TPSA) is 61.4 Å². The van der Waals surface area contributed by atoms with Crippen molar-refractivity contribution >= 4 is 27.3 Å². The molecule has 0 aromatic heterocycles. The van der Waals surface area contributed by atoms with Gasteiger partial charge in [0.2, 0.25) is 4.91 Å². The second-order valence-electron chi connectivity index (χ2n) is 1.66. The molecule has 0 aromatic rings. The summed E-state index contributed by atoms with van der Waals surface area (Å²) in [7, 11) is 5.27. The molecule has 0 saturated heterocycles. The standard InChI is InChI=1S/C5H9ClN2OS/c1-4(7)5(3-8-2)10(6)9/h3H,7H2,1-2H3. The van der Waals surface area contributed by atoms with Gasteiger partial charge in [-0.15, -0.1) is 0 Å². The van der Waals surface area contributed by atoms with Crippen molar-refractivity contribution < 1.29 is 4.55 Å². The number of rotatable bonds is 2. The lowest BCUT2D eigenvalue weighted by Gasteiger charge is -2.00. The molecule has 2 N–H and O–H groups in total. The fourth-order valence-corrected chi connectivity index (χ4v) is 1.31. The molecule has 3 nitrogen and oxygen atoms in total. The number of nitrogens with zero attached hydrogens (tertiary/aromatic N) is 1. The smallest absolute Gasteiger partial charge is 0.208 e. The molecule has 0 spiro atoms. The molecule has 0 heterocycles. The SMILES string of the molecule is CN=CC(=C(C)N)[S+]([O-])Cl. The zero-order chi connectivity index (χ0) is 8.15. The highest BCUT2D eigenvalue weighted by atomic mass is 35.7. The Hall–Kier alpha value is -0.190. The molecule has 0 rings (SSSR count). The molecule has 1 atom stereocenters. The van der Waals surface area contributed by atoms with Gasteiger partial charge in [0.05, 0.1) is 11.9 Å². The first-order valence-electron chi connectivity index (χ1n) is 2.56. The van der Waals surface area contributed by atoms with E-state index in [1.165, 1.54) is 6.21 Å². The van der Waals surface area contributed by atoms with Gasteiger partial charge in [0.15, 0.2) is 10.7 Å². The summed E-state index contributed by atoms with van der Waals surface area (Å²) in [6.45, 7) is 1.62. The number of allylic oxidation sites excluding steroid dienone is 2. The average molecular weight is 181 g/mol. The molecule has 0 aliphatic carbocycles. The van der Waals surface area contributed by atoms with Gasteiger partial charge in [-0.05, 0) is 6.92 Å². The molecular formula is C5H9ClN2OS. The minimum Gasteiger partial charge on any atom is -0.594 e. The largest absolute Gasteiger partial charge is 0.594 e. The van der Waals surface area contributed by atoms with Crippen molar-refractivity contribution in [3.63, 3.8) is 0 Å². The monoisotopic (exact) mass is 180 g/mol. The van der Waals surface area contributed by atoms with Gasteiger partial charge in [-0.3, -0.25) is 4.99 Å². The summed E-state index contributed by atoms with van der Waals surface area (Å²) in [6, 6.07) is 0. The Morgan fingerprint density at radius 3 is 2.40 bits per heavy atom. The van der Waals surface area contributed by atoms with Crippen LogP contribution >= 0.6 is 10.7 Å². The molecule has 0 bridgehead atoms. The molecule has 0 aromatic carbocycles. The molecule has 10 heavy (non-hydrogen) atoms. The van der Waals surface area contributed by atoms with Crippen LogP contribution in [0.2, 0.25) is 0 Å². The Bertz CT molecular complexity index is 163. The van der Waals surface area contributed by atoms with E-state index in [9.17, 15) is 4.55 Å². The van der Waals surface area contributed by atoms with Crippen LogP contribution in [0, 0.1) is 0 Å². The molecule has 1 unspecified atom stereocenters. The zero-order valence-corrected chi connectivity index (χ0v) is 7.37. The van der Waals surface area contributed by atoms with E-state index in [1.54, 1.807) is 14.0 Å². The van der Waals surface area contributed by atoms with Gasteiger partial charge >= 0.3 is 0 Å². The Kier molecular flexibility index (Phi) is 4.51. The first-order chi connectivity index (χ1) is 4.59. The molecule has 0 amide bonds. The summed E-state index contributed by atoms with van der Waals surface area (Å²) in [4.78, 5) is 4.00. The van der Waals surface area contributed by atoms with Gasteiger partial charge in [-0.25, -0.2) is 0 Å². The van der Waals surface area contributed by atoms with Crippen molar-refractivity contribution in [1.82, 2.24) is 0 Å². The lowest BCUT2D eigenvalue weighted by molar-refractivity contribution is 0.615. The van der Waals surface area contributed by atoms with Gasteiger partial charge in [-0.1, -0.05) is 0 Å². The van der Waals surface area contributed by atoms with Crippen molar-refractivity contribution in [2.45, 2.75) is 6.92 Å². The third kappa shape index (κ3) is 3.10. The van der Waals surface area contributed by atoms with Crippen LogP contribution in [0.25, 0.3) is 0 Å². The van der Waals surface area contributed by atoms with E-state index >= 15 is 0 Å². The fourth-order valence-electron chi connectivity index (χ4n) is 0.387. The van der Waals surface area contributed by atoms with Gasteiger partial charge in [0, 0.05) is 7.05 Å². The van der Waals surface area contributed by atoms with Crippen molar-refractivity contribution in [3.05, 3.63) is 10.6 Å². The summed E-state index contributed by atoms with van der Waals surface area (Å²) < 4.78 is 10.6. The maximum absolute atomic E-state index is 10.6. The van der Waals surface area contributed by atoms with Crippen molar-refractivity contribution in [2.24, 2.45) is 10.7 Å². The van der Waals surface area contributed by atoms with Crippen LogP contribution in [0.3, 0.4) is 0 Å². The quantitative estimate of drug-likeness (QED) is 0.504. The van der Waals surface area contributed by atoms with Crippen LogP contribution in [0.15, 0.2) is 15.6 Å². The Balaban J connectivity index is 4.44. The van der Waals surface area contributed by atoms with Gasteiger partial charge in [0.25, 0.3) is 0 Å². The van der Waals surface area contributed by atoms with Gasteiger partial charge in [-0.2, -0.15) is 0 Å². The highest BCUT2D eigenvalue weighted by Crippen LogP contribution is 2.11. The number of halogens is 1. The van der Waals surface area contributed by atoms with E-state index < -0.39 is 10.4 Å². The highest BCUT2D eigenvalue weighted by Gasteiger charge is 2.11. The van der Waals surface area contributed by atoms with E-state index in [0.29, 0.717) is 10.6 Å². The van der Waals surface area contributed by atoms with E-state index in [0.717, 1.165) is 0 Å².